The van der Waals surface area contributed by atoms with E-state index in [1.807, 2.05) is 0 Å². The second-order valence-electron chi connectivity index (χ2n) is 8.56. The number of anilines is 2. The number of carbonyl (C=O) groups is 4. The summed E-state index contributed by atoms with van der Waals surface area (Å²) in [6.45, 7) is 1.41. The van der Waals surface area contributed by atoms with Gasteiger partial charge in [0.15, 0.2) is 0 Å². The molecule has 2 fully saturated rings. The number of benzene rings is 2. The first-order valence-electron chi connectivity index (χ1n) is 11.1. The van der Waals surface area contributed by atoms with Gasteiger partial charge in [0.1, 0.15) is 6.04 Å². The number of nitrogens with one attached hydrogen (secondary N) is 1. The summed E-state index contributed by atoms with van der Waals surface area (Å²) in [5, 5.41) is 3.26. The average molecular weight is 468 g/mol. The summed E-state index contributed by atoms with van der Waals surface area (Å²) in [7, 11) is 0. The fourth-order valence-corrected chi connectivity index (χ4v) is 4.81. The van der Waals surface area contributed by atoms with Crippen molar-refractivity contribution in [3.8, 4) is 0 Å². The SMILES string of the molecule is CC(=O)Nc1ccc(N2C(=O)CC(N(C(=O)Cc3ccc(Cl)cc3)C3CCCC3)C2=O)cc1. The highest BCUT2D eigenvalue weighted by molar-refractivity contribution is 6.30. The summed E-state index contributed by atoms with van der Waals surface area (Å²) in [6.07, 6.45) is 3.77. The Kier molecular flexibility index (Phi) is 6.79. The molecule has 8 heteroatoms. The van der Waals surface area contributed by atoms with E-state index in [1.54, 1.807) is 53.4 Å². The van der Waals surface area contributed by atoms with Crippen LogP contribution in [0.1, 0.15) is 44.6 Å². The molecule has 1 heterocycles. The number of carbonyl (C=O) groups excluding carboxylic acids is 4. The lowest BCUT2D eigenvalue weighted by molar-refractivity contribution is -0.140. The fourth-order valence-electron chi connectivity index (χ4n) is 4.68. The number of nitrogens with zero attached hydrogens (tertiary/aromatic N) is 2. The molecule has 2 aromatic carbocycles. The van der Waals surface area contributed by atoms with Gasteiger partial charge in [-0.15, -0.1) is 0 Å². The van der Waals surface area contributed by atoms with E-state index in [1.165, 1.54) is 6.92 Å². The minimum absolute atomic E-state index is 0.0326. The summed E-state index contributed by atoms with van der Waals surface area (Å²) in [4.78, 5) is 53.7. The van der Waals surface area contributed by atoms with Crippen LogP contribution in [0.4, 0.5) is 11.4 Å². The molecule has 1 N–H and O–H groups in total. The quantitative estimate of drug-likeness (QED) is 0.652. The molecule has 0 aromatic heterocycles. The average Bonchev–Trinajstić information content (AvgIpc) is 3.39. The Morgan fingerprint density at radius 1 is 1.03 bits per heavy atom. The van der Waals surface area contributed by atoms with Gasteiger partial charge in [-0.05, 0) is 54.8 Å². The lowest BCUT2D eigenvalue weighted by Gasteiger charge is -2.33. The van der Waals surface area contributed by atoms with Gasteiger partial charge in [0.05, 0.1) is 18.5 Å². The van der Waals surface area contributed by atoms with E-state index in [0.29, 0.717) is 16.4 Å². The van der Waals surface area contributed by atoms with Crippen molar-refractivity contribution in [2.75, 3.05) is 10.2 Å². The molecule has 1 saturated heterocycles. The van der Waals surface area contributed by atoms with Gasteiger partial charge in [-0.25, -0.2) is 4.90 Å². The minimum Gasteiger partial charge on any atom is -0.327 e. The van der Waals surface area contributed by atoms with Crippen molar-refractivity contribution in [1.29, 1.82) is 0 Å². The zero-order valence-corrected chi connectivity index (χ0v) is 19.2. The van der Waals surface area contributed by atoms with Crippen LogP contribution in [0, 0.1) is 0 Å². The van der Waals surface area contributed by atoms with Crippen LogP contribution >= 0.6 is 11.6 Å². The van der Waals surface area contributed by atoms with Gasteiger partial charge in [-0.3, -0.25) is 19.2 Å². The Hall–Kier alpha value is -3.19. The summed E-state index contributed by atoms with van der Waals surface area (Å²) in [5.41, 5.74) is 1.82. The van der Waals surface area contributed by atoms with Crippen molar-refractivity contribution in [3.63, 3.8) is 0 Å². The van der Waals surface area contributed by atoms with E-state index in [4.69, 9.17) is 11.6 Å². The maximum absolute atomic E-state index is 13.4. The minimum atomic E-state index is -0.810. The van der Waals surface area contributed by atoms with E-state index in [-0.39, 0.29) is 42.5 Å². The first kappa shape index (κ1) is 23.0. The lowest BCUT2D eigenvalue weighted by Crippen LogP contribution is -2.50. The van der Waals surface area contributed by atoms with Crippen LogP contribution in [0.2, 0.25) is 5.02 Å². The molecule has 7 nitrogen and oxygen atoms in total. The molecule has 2 aromatic rings. The molecule has 1 unspecified atom stereocenters. The highest BCUT2D eigenvalue weighted by atomic mass is 35.5. The van der Waals surface area contributed by atoms with Gasteiger partial charge < -0.3 is 10.2 Å². The van der Waals surface area contributed by atoms with Crippen molar-refractivity contribution in [2.24, 2.45) is 0 Å². The van der Waals surface area contributed by atoms with E-state index in [2.05, 4.69) is 5.32 Å². The molecule has 33 heavy (non-hydrogen) atoms. The Labute approximate surface area is 197 Å². The van der Waals surface area contributed by atoms with Crippen LogP contribution in [0.5, 0.6) is 0 Å². The van der Waals surface area contributed by atoms with Crippen molar-refractivity contribution in [3.05, 3.63) is 59.1 Å². The first-order chi connectivity index (χ1) is 15.8. The van der Waals surface area contributed by atoms with Crippen molar-refractivity contribution >= 4 is 46.6 Å². The molecule has 1 atom stereocenters. The van der Waals surface area contributed by atoms with Gasteiger partial charge in [0.25, 0.3) is 5.91 Å². The molecule has 0 bridgehead atoms. The second kappa shape index (κ2) is 9.75. The molecule has 172 valence electrons. The van der Waals surface area contributed by atoms with Crippen molar-refractivity contribution in [2.45, 2.75) is 57.5 Å². The van der Waals surface area contributed by atoms with E-state index in [0.717, 1.165) is 36.1 Å². The molecular weight excluding hydrogens is 442 g/mol. The van der Waals surface area contributed by atoms with Crippen molar-refractivity contribution in [1.82, 2.24) is 4.90 Å². The Morgan fingerprint density at radius 2 is 1.67 bits per heavy atom. The molecule has 1 aliphatic heterocycles. The molecule has 0 spiro atoms. The fraction of sp³-hybridized carbons (Fsp3) is 0.360. The number of hydrogen-bond donors (Lipinski definition) is 1. The summed E-state index contributed by atoms with van der Waals surface area (Å²) in [5.74, 6) is -1.08. The molecule has 2 aliphatic rings. The molecule has 4 amide bonds. The smallest absolute Gasteiger partial charge is 0.257 e. The van der Waals surface area contributed by atoms with Gasteiger partial charge in [0.2, 0.25) is 17.7 Å². The third kappa shape index (κ3) is 5.09. The number of imide groups is 1. The van der Waals surface area contributed by atoms with Gasteiger partial charge in [0, 0.05) is 23.7 Å². The maximum atomic E-state index is 13.4. The Morgan fingerprint density at radius 3 is 2.27 bits per heavy atom. The first-order valence-corrected chi connectivity index (χ1v) is 11.5. The largest absolute Gasteiger partial charge is 0.327 e. The predicted molar refractivity (Wildman–Crippen MR) is 126 cm³/mol. The monoisotopic (exact) mass is 467 g/mol. The van der Waals surface area contributed by atoms with E-state index < -0.39 is 6.04 Å². The van der Waals surface area contributed by atoms with Gasteiger partial charge in [-0.1, -0.05) is 36.6 Å². The van der Waals surface area contributed by atoms with Crippen LogP contribution in [0.25, 0.3) is 0 Å². The lowest BCUT2D eigenvalue weighted by atomic mass is 10.1. The third-order valence-corrected chi connectivity index (χ3v) is 6.43. The second-order valence-corrected chi connectivity index (χ2v) is 8.99. The summed E-state index contributed by atoms with van der Waals surface area (Å²) in [6, 6.07) is 12.8. The number of halogens is 1. The van der Waals surface area contributed by atoms with Crippen LogP contribution in [-0.4, -0.2) is 40.6 Å². The van der Waals surface area contributed by atoms with Crippen LogP contribution in [-0.2, 0) is 25.6 Å². The zero-order chi connectivity index (χ0) is 23.5. The summed E-state index contributed by atoms with van der Waals surface area (Å²) < 4.78 is 0. The Balaban J connectivity index is 1.56. The third-order valence-electron chi connectivity index (χ3n) is 6.18. The van der Waals surface area contributed by atoms with Crippen molar-refractivity contribution < 1.29 is 19.2 Å². The highest BCUT2D eigenvalue weighted by Crippen LogP contribution is 2.32. The zero-order valence-electron chi connectivity index (χ0n) is 18.4. The van der Waals surface area contributed by atoms with Gasteiger partial charge >= 0.3 is 0 Å². The standard InChI is InChI=1S/C25H26ClN3O4/c1-16(30)27-19-10-12-21(13-11-19)29-24(32)15-22(25(29)33)28(20-4-2-3-5-20)23(31)14-17-6-8-18(26)9-7-17/h6-13,20,22H,2-5,14-15H2,1H3,(H,27,30). The molecule has 1 aliphatic carbocycles. The van der Waals surface area contributed by atoms with E-state index >= 15 is 0 Å². The topological polar surface area (TPSA) is 86.8 Å². The number of amides is 4. The number of rotatable bonds is 6. The van der Waals surface area contributed by atoms with Crippen LogP contribution in [0.3, 0.4) is 0 Å². The number of hydrogen-bond acceptors (Lipinski definition) is 4. The molecule has 0 radical (unpaired) electrons. The molecular formula is C25H26ClN3O4. The maximum Gasteiger partial charge on any atom is 0.257 e. The van der Waals surface area contributed by atoms with E-state index in [9.17, 15) is 19.2 Å². The molecule has 4 rings (SSSR count). The predicted octanol–water partition coefficient (Wildman–Crippen LogP) is 3.94. The molecule has 1 saturated carbocycles. The van der Waals surface area contributed by atoms with Crippen LogP contribution in [0.15, 0.2) is 48.5 Å². The normalized spacial score (nSPS) is 18.6. The van der Waals surface area contributed by atoms with Crippen LogP contribution < -0.4 is 10.2 Å². The summed E-state index contributed by atoms with van der Waals surface area (Å²) >= 11 is 5.96. The highest BCUT2D eigenvalue weighted by Gasteiger charge is 2.46. The Bertz CT molecular complexity index is 1060. The van der Waals surface area contributed by atoms with Gasteiger partial charge in [-0.2, -0.15) is 0 Å².